The largest absolute Gasteiger partial charge is 0.493 e. The van der Waals surface area contributed by atoms with E-state index in [1.54, 1.807) is 14.2 Å². The monoisotopic (exact) mass is 404 g/mol. The van der Waals surface area contributed by atoms with Gasteiger partial charge in [0.25, 0.3) is 0 Å². The van der Waals surface area contributed by atoms with Gasteiger partial charge in [-0.2, -0.15) is 0 Å². The summed E-state index contributed by atoms with van der Waals surface area (Å²) < 4.78 is 17.0. The van der Waals surface area contributed by atoms with Gasteiger partial charge in [-0.15, -0.1) is 0 Å². The summed E-state index contributed by atoms with van der Waals surface area (Å²) in [6, 6.07) is 14.1. The summed E-state index contributed by atoms with van der Waals surface area (Å²) in [5, 5.41) is 0.999. The molecule has 0 heterocycles. The van der Waals surface area contributed by atoms with E-state index in [-0.39, 0.29) is 0 Å². The third-order valence-electron chi connectivity index (χ3n) is 3.79. The number of hydrogen-bond donors (Lipinski definition) is 0. The number of benzene rings is 2. The van der Waals surface area contributed by atoms with Crippen LogP contribution in [-0.2, 0) is 13.0 Å². The van der Waals surface area contributed by atoms with Crippen LogP contribution in [0.4, 0.5) is 0 Å². The van der Waals surface area contributed by atoms with Gasteiger partial charge in [0, 0.05) is 5.33 Å². The number of alkyl halides is 1. The molecule has 25 heavy (non-hydrogen) atoms. The summed E-state index contributed by atoms with van der Waals surface area (Å²) in [7, 11) is 3.31. The fourth-order valence-corrected chi connectivity index (χ4v) is 2.76. The second-order valence-corrected chi connectivity index (χ2v) is 6.38. The first-order valence-electron chi connectivity index (χ1n) is 8.41. The minimum atomic E-state index is 0.474. The number of ether oxygens (including phenoxy) is 3. The zero-order valence-corrected chi connectivity index (χ0v) is 16.4. The lowest BCUT2D eigenvalue weighted by Crippen LogP contribution is -2.01. The average Bonchev–Trinajstić information content (AvgIpc) is 2.66. The summed E-state index contributed by atoms with van der Waals surface area (Å²) >= 11 is 3.43. The van der Waals surface area contributed by atoms with Crippen molar-refractivity contribution < 1.29 is 14.2 Å². The molecule has 4 heteroatoms. The van der Waals surface area contributed by atoms with Crippen LogP contribution in [0.2, 0.25) is 0 Å². The van der Waals surface area contributed by atoms with Crippen molar-refractivity contribution in [3.05, 3.63) is 65.7 Å². The third-order valence-corrected chi connectivity index (χ3v) is 4.25. The van der Waals surface area contributed by atoms with Gasteiger partial charge in [0.2, 0.25) is 5.75 Å². The van der Waals surface area contributed by atoms with Gasteiger partial charge < -0.3 is 14.2 Å². The van der Waals surface area contributed by atoms with Crippen LogP contribution in [0.25, 0.3) is 0 Å². The van der Waals surface area contributed by atoms with Crippen LogP contribution in [0, 0.1) is 0 Å². The molecule has 0 spiro atoms. The van der Waals surface area contributed by atoms with Crippen molar-refractivity contribution in [2.75, 3.05) is 19.5 Å². The minimum Gasteiger partial charge on any atom is -0.493 e. The van der Waals surface area contributed by atoms with E-state index in [1.807, 2.05) is 42.5 Å². The molecular weight excluding hydrogens is 380 g/mol. The Hall–Kier alpha value is -1.94. The van der Waals surface area contributed by atoms with Crippen LogP contribution in [0.15, 0.2) is 54.6 Å². The molecule has 0 atom stereocenters. The number of allylic oxidation sites excluding steroid dienone is 2. The summed E-state index contributed by atoms with van der Waals surface area (Å²) in [5.74, 6) is 2.05. The first-order chi connectivity index (χ1) is 12.3. The molecule has 2 aromatic carbocycles. The fraction of sp³-hybridized carbons (Fsp3) is 0.333. The fourth-order valence-electron chi connectivity index (χ4n) is 2.50. The van der Waals surface area contributed by atoms with Crippen molar-refractivity contribution in [1.29, 1.82) is 0 Å². The maximum atomic E-state index is 5.98. The predicted octanol–water partition coefficient (Wildman–Crippen LogP) is 5.56. The highest BCUT2D eigenvalue weighted by Crippen LogP contribution is 2.39. The van der Waals surface area contributed by atoms with E-state index in [2.05, 4.69) is 28.1 Å². The number of hydrogen-bond acceptors (Lipinski definition) is 3. The van der Waals surface area contributed by atoms with Gasteiger partial charge in [0.05, 0.1) is 14.2 Å². The average molecular weight is 405 g/mol. The summed E-state index contributed by atoms with van der Waals surface area (Å²) in [6.45, 7) is 0.474. The maximum absolute atomic E-state index is 5.98. The highest BCUT2D eigenvalue weighted by atomic mass is 79.9. The normalized spacial score (nSPS) is 10.8. The number of methoxy groups -OCH3 is 2. The predicted molar refractivity (Wildman–Crippen MR) is 106 cm³/mol. The molecule has 0 aromatic heterocycles. The van der Waals surface area contributed by atoms with Gasteiger partial charge >= 0.3 is 0 Å². The molecule has 0 amide bonds. The third kappa shape index (κ3) is 6.13. The molecule has 2 aromatic rings. The number of aryl methyl sites for hydroxylation is 1. The SMILES string of the molecule is COc1cc(CC/C=C/CCBr)cc(OC)c1OCc1ccccc1. The van der Waals surface area contributed by atoms with E-state index in [0.717, 1.165) is 30.2 Å². The molecule has 0 saturated heterocycles. The molecule has 2 rings (SSSR count). The Morgan fingerprint density at radius 1 is 0.880 bits per heavy atom. The highest BCUT2D eigenvalue weighted by molar-refractivity contribution is 9.09. The second kappa shape index (κ2) is 10.8. The van der Waals surface area contributed by atoms with E-state index < -0.39 is 0 Å². The van der Waals surface area contributed by atoms with Crippen LogP contribution >= 0.6 is 15.9 Å². The van der Waals surface area contributed by atoms with E-state index in [4.69, 9.17) is 14.2 Å². The van der Waals surface area contributed by atoms with E-state index in [1.165, 1.54) is 5.56 Å². The van der Waals surface area contributed by atoms with Crippen molar-refractivity contribution in [2.45, 2.75) is 25.9 Å². The quantitative estimate of drug-likeness (QED) is 0.383. The Bertz CT molecular complexity index is 643. The van der Waals surface area contributed by atoms with E-state index >= 15 is 0 Å². The maximum Gasteiger partial charge on any atom is 0.203 e. The molecule has 0 aliphatic carbocycles. The molecular formula is C21H25BrO3. The van der Waals surface area contributed by atoms with Gasteiger partial charge in [-0.05, 0) is 42.5 Å². The number of rotatable bonds is 10. The Kier molecular flexibility index (Phi) is 8.40. The molecule has 134 valence electrons. The molecule has 3 nitrogen and oxygen atoms in total. The molecule has 0 unspecified atom stereocenters. The van der Waals surface area contributed by atoms with Crippen molar-refractivity contribution in [1.82, 2.24) is 0 Å². The topological polar surface area (TPSA) is 27.7 Å². The van der Waals surface area contributed by atoms with Crippen LogP contribution < -0.4 is 14.2 Å². The summed E-state index contributed by atoms with van der Waals surface area (Å²) in [6.07, 6.45) is 7.38. The first kappa shape index (κ1) is 19.4. The smallest absolute Gasteiger partial charge is 0.203 e. The standard InChI is InChI=1S/C21H25BrO3/c1-23-19-14-18(12-6-3-4-9-13-22)15-20(24-2)21(19)25-16-17-10-7-5-8-11-17/h3-5,7-8,10-11,14-15H,6,9,12-13,16H2,1-2H3/b4-3+. The molecule has 0 radical (unpaired) electrons. The van der Waals surface area contributed by atoms with E-state index in [9.17, 15) is 0 Å². The molecule has 0 fully saturated rings. The van der Waals surface area contributed by atoms with E-state index in [0.29, 0.717) is 23.9 Å². The zero-order valence-electron chi connectivity index (χ0n) is 14.8. The van der Waals surface area contributed by atoms with Gasteiger partial charge in [-0.3, -0.25) is 0 Å². The summed E-state index contributed by atoms with van der Waals surface area (Å²) in [4.78, 5) is 0. The Morgan fingerprint density at radius 3 is 2.12 bits per heavy atom. The Labute approximate surface area is 158 Å². The van der Waals surface area contributed by atoms with Crippen LogP contribution in [0.5, 0.6) is 17.2 Å². The van der Waals surface area contributed by atoms with Gasteiger partial charge in [-0.25, -0.2) is 0 Å². The van der Waals surface area contributed by atoms with Crippen LogP contribution in [-0.4, -0.2) is 19.5 Å². The molecule has 0 bridgehead atoms. The van der Waals surface area contributed by atoms with Crippen LogP contribution in [0.1, 0.15) is 24.0 Å². The van der Waals surface area contributed by atoms with Gasteiger partial charge in [0.15, 0.2) is 11.5 Å². The molecule has 0 aliphatic heterocycles. The Morgan fingerprint density at radius 2 is 1.52 bits per heavy atom. The Balaban J connectivity index is 2.10. The van der Waals surface area contributed by atoms with Crippen molar-refractivity contribution in [3.63, 3.8) is 0 Å². The molecule has 0 aliphatic rings. The molecule has 0 saturated carbocycles. The number of halogens is 1. The van der Waals surface area contributed by atoms with Gasteiger partial charge in [0.1, 0.15) is 6.61 Å². The van der Waals surface area contributed by atoms with Crippen LogP contribution in [0.3, 0.4) is 0 Å². The van der Waals surface area contributed by atoms with Gasteiger partial charge in [-0.1, -0.05) is 58.4 Å². The van der Waals surface area contributed by atoms with Crippen molar-refractivity contribution in [2.24, 2.45) is 0 Å². The lowest BCUT2D eigenvalue weighted by molar-refractivity contribution is 0.265. The lowest BCUT2D eigenvalue weighted by Gasteiger charge is -2.16. The van der Waals surface area contributed by atoms with Crippen molar-refractivity contribution in [3.8, 4) is 17.2 Å². The summed E-state index contributed by atoms with van der Waals surface area (Å²) in [5.41, 5.74) is 2.27. The zero-order chi connectivity index (χ0) is 17.9. The van der Waals surface area contributed by atoms with Crippen molar-refractivity contribution >= 4 is 15.9 Å². The lowest BCUT2D eigenvalue weighted by atomic mass is 10.1. The molecule has 0 N–H and O–H groups in total. The first-order valence-corrected chi connectivity index (χ1v) is 9.53. The minimum absolute atomic E-state index is 0.474. The second-order valence-electron chi connectivity index (χ2n) is 5.59. The highest BCUT2D eigenvalue weighted by Gasteiger charge is 2.14.